The number of hydrogen-bond donors (Lipinski definition) is 0. The maximum absolute atomic E-state index is 12.2. The van der Waals surface area contributed by atoms with Gasteiger partial charge in [0.05, 0.1) is 0 Å². The van der Waals surface area contributed by atoms with Crippen LogP contribution in [0.25, 0.3) is 11.1 Å². The van der Waals surface area contributed by atoms with E-state index in [-0.39, 0.29) is 5.75 Å². The summed E-state index contributed by atoms with van der Waals surface area (Å²) in [4.78, 5) is 0. The molecule has 2 rings (SSSR count). The first kappa shape index (κ1) is 14.0. The van der Waals surface area contributed by atoms with Gasteiger partial charge < -0.3 is 4.74 Å². The molecular weight excluding hydrogens is 265 g/mol. The smallest absolute Gasteiger partial charge is 0.406 e. The summed E-state index contributed by atoms with van der Waals surface area (Å²) in [5.41, 5.74) is 2.89. The Bertz CT molecular complexity index is 666. The first-order valence-corrected chi connectivity index (χ1v) is 5.82. The van der Waals surface area contributed by atoms with E-state index in [1.54, 1.807) is 12.1 Å². The molecule has 0 saturated carbocycles. The predicted octanol–water partition coefficient (Wildman–Crippen LogP) is 4.54. The van der Waals surface area contributed by atoms with Gasteiger partial charge in [-0.05, 0) is 36.2 Å². The Kier molecular flexibility index (Phi) is 3.71. The van der Waals surface area contributed by atoms with Gasteiger partial charge in [0, 0.05) is 5.56 Å². The third-order valence-electron chi connectivity index (χ3n) is 2.71. The highest BCUT2D eigenvalue weighted by atomic mass is 19.4. The van der Waals surface area contributed by atoms with Gasteiger partial charge in [0.2, 0.25) is 0 Å². The molecular formula is C16H11F3O. The molecule has 0 unspecified atom stereocenters. The van der Waals surface area contributed by atoms with E-state index in [0.29, 0.717) is 16.7 Å². The standard InChI is InChI=1S/C16H11F3O/c1-3-12-8-7-11(2)9-15(12)13-5-4-6-14(10-13)20-16(17,18)19/h1,4-10H,2H3. The second-order valence-electron chi connectivity index (χ2n) is 4.27. The Morgan fingerprint density at radius 1 is 1.10 bits per heavy atom. The SMILES string of the molecule is C#Cc1ccc(C)cc1-c1cccc(OC(F)(F)F)c1. The van der Waals surface area contributed by atoms with E-state index in [2.05, 4.69) is 10.7 Å². The molecule has 20 heavy (non-hydrogen) atoms. The summed E-state index contributed by atoms with van der Waals surface area (Å²) in [5, 5.41) is 0. The van der Waals surface area contributed by atoms with Crippen LogP contribution in [0.3, 0.4) is 0 Å². The van der Waals surface area contributed by atoms with Crippen molar-refractivity contribution in [3.05, 3.63) is 53.6 Å². The van der Waals surface area contributed by atoms with Gasteiger partial charge in [-0.15, -0.1) is 19.6 Å². The molecule has 0 spiro atoms. The Hall–Kier alpha value is -2.41. The van der Waals surface area contributed by atoms with Crippen LogP contribution >= 0.6 is 0 Å². The van der Waals surface area contributed by atoms with Crippen LogP contribution in [0.4, 0.5) is 13.2 Å². The van der Waals surface area contributed by atoms with Gasteiger partial charge in [0.1, 0.15) is 5.75 Å². The number of terminal acetylenes is 1. The van der Waals surface area contributed by atoms with Gasteiger partial charge in [0.25, 0.3) is 0 Å². The molecule has 102 valence electrons. The van der Waals surface area contributed by atoms with Crippen LogP contribution in [0.1, 0.15) is 11.1 Å². The molecule has 0 aliphatic carbocycles. The lowest BCUT2D eigenvalue weighted by molar-refractivity contribution is -0.274. The van der Waals surface area contributed by atoms with E-state index >= 15 is 0 Å². The molecule has 2 aromatic rings. The van der Waals surface area contributed by atoms with Crippen LogP contribution in [0.5, 0.6) is 5.75 Å². The Labute approximate surface area is 115 Å². The number of halogens is 3. The summed E-state index contributed by atoms with van der Waals surface area (Å²) in [6, 6.07) is 11.2. The molecule has 4 heteroatoms. The van der Waals surface area contributed by atoms with E-state index in [9.17, 15) is 13.2 Å². The van der Waals surface area contributed by atoms with Crippen molar-refractivity contribution < 1.29 is 17.9 Å². The fourth-order valence-corrected chi connectivity index (χ4v) is 1.88. The Morgan fingerprint density at radius 2 is 1.85 bits per heavy atom. The molecule has 0 aliphatic rings. The first-order valence-electron chi connectivity index (χ1n) is 5.82. The average Bonchev–Trinajstić information content (AvgIpc) is 2.37. The minimum Gasteiger partial charge on any atom is -0.406 e. The van der Waals surface area contributed by atoms with Crippen molar-refractivity contribution in [3.8, 4) is 29.2 Å². The molecule has 0 N–H and O–H groups in total. The summed E-state index contributed by atoms with van der Waals surface area (Å²) < 4.78 is 40.6. The lowest BCUT2D eigenvalue weighted by atomic mass is 9.98. The Balaban J connectivity index is 2.46. The normalized spacial score (nSPS) is 10.9. The van der Waals surface area contributed by atoms with E-state index in [4.69, 9.17) is 6.42 Å². The van der Waals surface area contributed by atoms with Gasteiger partial charge in [-0.2, -0.15) is 0 Å². The van der Waals surface area contributed by atoms with Crippen LogP contribution in [-0.4, -0.2) is 6.36 Å². The topological polar surface area (TPSA) is 9.23 Å². The van der Waals surface area contributed by atoms with Crippen LogP contribution in [0.15, 0.2) is 42.5 Å². The van der Waals surface area contributed by atoms with Crippen molar-refractivity contribution in [1.82, 2.24) is 0 Å². The highest BCUT2D eigenvalue weighted by Gasteiger charge is 2.31. The van der Waals surface area contributed by atoms with E-state index in [0.717, 1.165) is 5.56 Å². The number of benzene rings is 2. The highest BCUT2D eigenvalue weighted by Crippen LogP contribution is 2.30. The Morgan fingerprint density at radius 3 is 2.50 bits per heavy atom. The molecule has 0 bridgehead atoms. The van der Waals surface area contributed by atoms with Gasteiger partial charge in [-0.1, -0.05) is 35.7 Å². The predicted molar refractivity (Wildman–Crippen MR) is 71.2 cm³/mol. The van der Waals surface area contributed by atoms with Crippen molar-refractivity contribution in [3.63, 3.8) is 0 Å². The zero-order valence-corrected chi connectivity index (χ0v) is 10.7. The molecule has 1 nitrogen and oxygen atoms in total. The number of rotatable bonds is 2. The molecule has 0 radical (unpaired) electrons. The van der Waals surface area contributed by atoms with Gasteiger partial charge in [-0.3, -0.25) is 0 Å². The van der Waals surface area contributed by atoms with Crippen LogP contribution < -0.4 is 4.74 Å². The van der Waals surface area contributed by atoms with Crippen LogP contribution in [0.2, 0.25) is 0 Å². The molecule has 2 aromatic carbocycles. The molecule has 0 amide bonds. The molecule has 0 aromatic heterocycles. The summed E-state index contributed by atoms with van der Waals surface area (Å²) in [7, 11) is 0. The number of alkyl halides is 3. The lowest BCUT2D eigenvalue weighted by Crippen LogP contribution is -2.17. The monoisotopic (exact) mass is 276 g/mol. The largest absolute Gasteiger partial charge is 0.573 e. The van der Waals surface area contributed by atoms with Gasteiger partial charge in [0.15, 0.2) is 0 Å². The second-order valence-corrected chi connectivity index (χ2v) is 4.27. The maximum atomic E-state index is 12.2. The molecule has 0 heterocycles. The minimum atomic E-state index is -4.71. The van der Waals surface area contributed by atoms with E-state index < -0.39 is 6.36 Å². The fourth-order valence-electron chi connectivity index (χ4n) is 1.88. The number of aryl methyl sites for hydroxylation is 1. The van der Waals surface area contributed by atoms with Crippen molar-refractivity contribution in [1.29, 1.82) is 0 Å². The zero-order valence-electron chi connectivity index (χ0n) is 10.7. The second kappa shape index (κ2) is 5.30. The third kappa shape index (κ3) is 3.33. The van der Waals surface area contributed by atoms with Crippen molar-refractivity contribution in [2.45, 2.75) is 13.3 Å². The van der Waals surface area contributed by atoms with Crippen LogP contribution in [0, 0.1) is 19.3 Å². The maximum Gasteiger partial charge on any atom is 0.573 e. The molecule has 0 aliphatic heterocycles. The highest BCUT2D eigenvalue weighted by molar-refractivity contribution is 5.72. The van der Waals surface area contributed by atoms with Crippen molar-refractivity contribution >= 4 is 0 Å². The van der Waals surface area contributed by atoms with E-state index in [1.165, 1.54) is 18.2 Å². The fraction of sp³-hybridized carbons (Fsp3) is 0.125. The van der Waals surface area contributed by atoms with Gasteiger partial charge >= 0.3 is 6.36 Å². The van der Waals surface area contributed by atoms with Crippen molar-refractivity contribution in [2.75, 3.05) is 0 Å². The summed E-state index contributed by atoms with van der Waals surface area (Å²) in [5.74, 6) is 2.26. The number of ether oxygens (including phenoxy) is 1. The molecule has 0 atom stereocenters. The molecule has 0 fully saturated rings. The first-order chi connectivity index (χ1) is 9.39. The van der Waals surface area contributed by atoms with Crippen LogP contribution in [-0.2, 0) is 0 Å². The summed E-state index contributed by atoms with van der Waals surface area (Å²) in [6.45, 7) is 1.89. The van der Waals surface area contributed by atoms with E-state index in [1.807, 2.05) is 19.1 Å². The summed E-state index contributed by atoms with van der Waals surface area (Å²) in [6.07, 6.45) is 0.708. The third-order valence-corrected chi connectivity index (χ3v) is 2.71. The molecule has 0 saturated heterocycles. The quantitative estimate of drug-likeness (QED) is 0.732. The zero-order chi connectivity index (χ0) is 14.8. The summed E-state index contributed by atoms with van der Waals surface area (Å²) >= 11 is 0. The van der Waals surface area contributed by atoms with Crippen molar-refractivity contribution in [2.24, 2.45) is 0 Å². The number of hydrogen-bond acceptors (Lipinski definition) is 1. The average molecular weight is 276 g/mol. The van der Waals surface area contributed by atoms with Gasteiger partial charge in [-0.25, -0.2) is 0 Å². The lowest BCUT2D eigenvalue weighted by Gasteiger charge is -2.11. The minimum absolute atomic E-state index is 0.264.